The Hall–Kier alpha value is -1.09. The van der Waals surface area contributed by atoms with Crippen LogP contribution in [0, 0.1) is 40.4 Å². The number of carbonyl (C=O) groups is 1. The average Bonchev–Trinajstić information content (AvgIpc) is 3.20. The monoisotopic (exact) mass is 439 g/mol. The predicted molar refractivity (Wildman–Crippen MR) is 130 cm³/mol. The molecule has 5 aliphatic rings. The first-order valence-corrected chi connectivity index (χ1v) is 13.4. The van der Waals surface area contributed by atoms with Gasteiger partial charge in [-0.15, -0.1) is 0 Å². The van der Waals surface area contributed by atoms with Gasteiger partial charge in [0.15, 0.2) is 0 Å². The van der Waals surface area contributed by atoms with Crippen LogP contribution in [0.3, 0.4) is 0 Å². The second-order valence-electron chi connectivity index (χ2n) is 12.9. The van der Waals surface area contributed by atoms with Gasteiger partial charge in [-0.25, -0.2) is 0 Å². The molecule has 0 amide bonds. The minimum Gasteiger partial charge on any atom is -0.494 e. The van der Waals surface area contributed by atoms with Crippen molar-refractivity contribution in [3.8, 4) is 0 Å². The van der Waals surface area contributed by atoms with Crippen LogP contribution in [0.5, 0.6) is 0 Å². The van der Waals surface area contributed by atoms with Crippen molar-refractivity contribution >= 4 is 5.78 Å². The Labute approximate surface area is 196 Å². The molecule has 178 valence electrons. The zero-order valence-electron chi connectivity index (χ0n) is 21.4. The van der Waals surface area contributed by atoms with Crippen molar-refractivity contribution in [3.63, 3.8) is 0 Å². The molecular formula is C29H45NO2. The SMILES string of the molecule is CC1=C(CC[C@@H](C)CN(C)C)O[C@H]2C[C@H]3[C@@H]4CC=C5CC(=O)CC[C@]5(C)[C@H]4CC[C@]3(C)[C@@H]12. The molecule has 0 aromatic carbocycles. The third kappa shape index (κ3) is 3.44. The van der Waals surface area contributed by atoms with Gasteiger partial charge in [0.05, 0.1) is 5.76 Å². The quantitative estimate of drug-likeness (QED) is 0.465. The smallest absolute Gasteiger partial charge is 0.136 e. The molecule has 32 heavy (non-hydrogen) atoms. The zero-order valence-corrected chi connectivity index (χ0v) is 21.4. The van der Waals surface area contributed by atoms with E-state index in [0.717, 1.165) is 50.0 Å². The van der Waals surface area contributed by atoms with E-state index in [0.29, 0.717) is 29.1 Å². The van der Waals surface area contributed by atoms with Gasteiger partial charge in [0.1, 0.15) is 11.9 Å². The molecule has 0 spiro atoms. The summed E-state index contributed by atoms with van der Waals surface area (Å²) >= 11 is 0. The molecule has 3 saturated carbocycles. The van der Waals surface area contributed by atoms with Gasteiger partial charge in [0.2, 0.25) is 0 Å². The fourth-order valence-corrected chi connectivity index (χ4v) is 9.15. The fourth-order valence-electron chi connectivity index (χ4n) is 9.15. The fraction of sp³-hybridized carbons (Fsp3) is 0.828. The zero-order chi connectivity index (χ0) is 22.8. The van der Waals surface area contributed by atoms with E-state index >= 15 is 0 Å². The largest absolute Gasteiger partial charge is 0.494 e. The number of carbonyl (C=O) groups excluding carboxylic acids is 1. The third-order valence-corrected chi connectivity index (χ3v) is 10.7. The number of Topliss-reactive ketones (excluding diaryl/α,β-unsaturated/α-hetero) is 1. The van der Waals surface area contributed by atoms with E-state index in [9.17, 15) is 4.79 Å². The van der Waals surface area contributed by atoms with Crippen molar-refractivity contribution in [1.29, 1.82) is 0 Å². The number of ether oxygens (including phenoxy) is 1. The molecule has 0 unspecified atom stereocenters. The summed E-state index contributed by atoms with van der Waals surface area (Å²) < 4.78 is 6.74. The van der Waals surface area contributed by atoms with Crippen molar-refractivity contribution in [2.24, 2.45) is 40.4 Å². The van der Waals surface area contributed by atoms with Gasteiger partial charge in [-0.1, -0.05) is 32.4 Å². The minimum atomic E-state index is 0.273. The Morgan fingerprint density at radius 1 is 1.22 bits per heavy atom. The minimum absolute atomic E-state index is 0.273. The third-order valence-electron chi connectivity index (χ3n) is 10.7. The average molecular weight is 440 g/mol. The highest BCUT2D eigenvalue weighted by atomic mass is 16.5. The van der Waals surface area contributed by atoms with Crippen molar-refractivity contribution in [3.05, 3.63) is 23.0 Å². The normalized spacial score (nSPS) is 43.9. The predicted octanol–water partition coefficient (Wildman–Crippen LogP) is 6.40. The number of hydrogen-bond donors (Lipinski definition) is 0. The second kappa shape index (κ2) is 8.00. The molecule has 0 N–H and O–H groups in total. The second-order valence-corrected chi connectivity index (χ2v) is 12.9. The van der Waals surface area contributed by atoms with Crippen LogP contribution in [0.1, 0.15) is 85.5 Å². The molecule has 0 aromatic rings. The molecule has 0 bridgehead atoms. The maximum Gasteiger partial charge on any atom is 0.136 e. The summed E-state index contributed by atoms with van der Waals surface area (Å²) in [5.41, 5.74) is 3.73. The molecule has 1 aliphatic heterocycles. The highest BCUT2D eigenvalue weighted by Gasteiger charge is 2.63. The van der Waals surface area contributed by atoms with Gasteiger partial charge in [0, 0.05) is 31.7 Å². The molecule has 1 heterocycles. The molecule has 0 saturated heterocycles. The number of rotatable bonds is 5. The van der Waals surface area contributed by atoms with Gasteiger partial charge < -0.3 is 9.64 Å². The summed E-state index contributed by atoms with van der Waals surface area (Å²) in [5.74, 6) is 5.44. The van der Waals surface area contributed by atoms with Gasteiger partial charge >= 0.3 is 0 Å². The molecular weight excluding hydrogens is 394 g/mol. The Bertz CT molecular complexity index is 840. The van der Waals surface area contributed by atoms with Gasteiger partial charge in [-0.05, 0) is 99.6 Å². The van der Waals surface area contributed by atoms with Crippen LogP contribution in [0.4, 0.5) is 0 Å². The van der Waals surface area contributed by atoms with Crippen LogP contribution in [0.15, 0.2) is 23.0 Å². The first-order valence-electron chi connectivity index (χ1n) is 13.4. The number of ketones is 1. The highest BCUT2D eigenvalue weighted by molar-refractivity contribution is 5.82. The van der Waals surface area contributed by atoms with Crippen LogP contribution in [0.2, 0.25) is 0 Å². The molecule has 3 fully saturated rings. The standard InChI is InChI=1S/C29H45NO2/c1-18(17-30(5)6)7-10-25-19(2)27-26(32-25)16-24-22-9-8-20-15-21(31)11-13-28(20,3)23(22)12-14-29(24,27)4/h8,18,22-24,26-27H,7,9-17H2,1-6H3/t18-,22-,23+,24+,26+,27+,28+,29+/m1/s1. The summed E-state index contributed by atoms with van der Waals surface area (Å²) in [6.45, 7) is 11.0. The van der Waals surface area contributed by atoms with Crippen molar-refractivity contribution < 1.29 is 9.53 Å². The molecule has 8 atom stereocenters. The lowest BCUT2D eigenvalue weighted by molar-refractivity contribution is -0.122. The van der Waals surface area contributed by atoms with Crippen LogP contribution in [-0.4, -0.2) is 37.4 Å². The van der Waals surface area contributed by atoms with Crippen LogP contribution < -0.4 is 0 Å². The number of nitrogens with zero attached hydrogens (tertiary/aromatic N) is 1. The van der Waals surface area contributed by atoms with E-state index in [-0.39, 0.29) is 5.41 Å². The number of hydrogen-bond acceptors (Lipinski definition) is 3. The highest BCUT2D eigenvalue weighted by Crippen LogP contribution is 2.68. The molecule has 0 aromatic heterocycles. The van der Waals surface area contributed by atoms with E-state index in [1.165, 1.54) is 43.4 Å². The van der Waals surface area contributed by atoms with Crippen LogP contribution >= 0.6 is 0 Å². The molecule has 3 nitrogen and oxygen atoms in total. The van der Waals surface area contributed by atoms with E-state index in [4.69, 9.17) is 4.74 Å². The summed E-state index contributed by atoms with van der Waals surface area (Å²) in [7, 11) is 4.34. The Kier molecular flexibility index (Phi) is 5.67. The first kappa shape index (κ1) is 22.7. The van der Waals surface area contributed by atoms with Gasteiger partial charge in [-0.3, -0.25) is 4.79 Å². The Morgan fingerprint density at radius 3 is 2.75 bits per heavy atom. The summed E-state index contributed by atoms with van der Waals surface area (Å²) in [5, 5.41) is 0. The van der Waals surface area contributed by atoms with E-state index < -0.39 is 0 Å². The van der Waals surface area contributed by atoms with E-state index in [1.54, 1.807) is 5.57 Å². The van der Waals surface area contributed by atoms with Crippen molar-refractivity contribution in [2.75, 3.05) is 20.6 Å². The molecule has 3 heteroatoms. The summed E-state index contributed by atoms with van der Waals surface area (Å²) in [4.78, 5) is 14.4. The maximum atomic E-state index is 12.1. The summed E-state index contributed by atoms with van der Waals surface area (Å²) in [6.07, 6.45) is 13.0. The molecule has 4 aliphatic carbocycles. The Morgan fingerprint density at radius 2 is 2.00 bits per heavy atom. The van der Waals surface area contributed by atoms with Gasteiger partial charge in [-0.2, -0.15) is 0 Å². The summed E-state index contributed by atoms with van der Waals surface area (Å²) in [6, 6.07) is 0. The van der Waals surface area contributed by atoms with Crippen LogP contribution in [-0.2, 0) is 9.53 Å². The van der Waals surface area contributed by atoms with Crippen molar-refractivity contribution in [1.82, 2.24) is 4.90 Å². The topological polar surface area (TPSA) is 29.5 Å². The number of fused-ring (bicyclic) bond motifs is 7. The van der Waals surface area contributed by atoms with Crippen molar-refractivity contribution in [2.45, 2.75) is 91.6 Å². The number of allylic oxidation sites excluding steroid dienone is 3. The van der Waals surface area contributed by atoms with Crippen LogP contribution in [0.25, 0.3) is 0 Å². The Balaban J connectivity index is 1.34. The molecule has 0 radical (unpaired) electrons. The lowest BCUT2D eigenvalue weighted by Crippen LogP contribution is -2.50. The lowest BCUT2D eigenvalue weighted by atomic mass is 9.47. The van der Waals surface area contributed by atoms with Gasteiger partial charge in [0.25, 0.3) is 0 Å². The first-order chi connectivity index (χ1) is 15.1. The lowest BCUT2D eigenvalue weighted by Gasteiger charge is -2.57. The maximum absolute atomic E-state index is 12.1. The van der Waals surface area contributed by atoms with E-state index in [2.05, 4.69) is 52.8 Å². The molecule has 5 rings (SSSR count). The van der Waals surface area contributed by atoms with E-state index in [1.807, 2.05) is 0 Å².